The number of hydrogen-bond acceptors (Lipinski definition) is 1. The Morgan fingerprint density at radius 2 is 1.80 bits per heavy atom. The molecule has 0 saturated carbocycles. The highest BCUT2D eigenvalue weighted by molar-refractivity contribution is 4.71. The third kappa shape index (κ3) is 1.98. The zero-order valence-corrected chi connectivity index (χ0v) is 7.27. The van der Waals surface area contributed by atoms with E-state index < -0.39 is 0 Å². The maximum absolute atomic E-state index is 2.57. The summed E-state index contributed by atoms with van der Waals surface area (Å²) in [6.45, 7) is 8.67. The molecule has 0 aromatic carbocycles. The van der Waals surface area contributed by atoms with Gasteiger partial charge in [0.1, 0.15) is 0 Å². The van der Waals surface area contributed by atoms with E-state index in [-0.39, 0.29) is 0 Å². The zero-order chi connectivity index (χ0) is 7.40. The van der Waals surface area contributed by atoms with Crippen LogP contribution in [0.5, 0.6) is 0 Å². The van der Waals surface area contributed by atoms with Gasteiger partial charge in [0.2, 0.25) is 0 Å². The molecule has 0 amide bonds. The van der Waals surface area contributed by atoms with Crippen molar-refractivity contribution >= 4 is 0 Å². The van der Waals surface area contributed by atoms with Gasteiger partial charge in [-0.15, -0.1) is 0 Å². The molecule has 60 valence electrons. The molecule has 1 aliphatic heterocycles. The van der Waals surface area contributed by atoms with Gasteiger partial charge >= 0.3 is 0 Å². The van der Waals surface area contributed by atoms with Gasteiger partial charge in [0.25, 0.3) is 0 Å². The zero-order valence-electron chi connectivity index (χ0n) is 7.27. The molecule has 10 heavy (non-hydrogen) atoms. The van der Waals surface area contributed by atoms with Gasteiger partial charge in [-0.2, -0.15) is 0 Å². The number of hydrogen-bond donors (Lipinski definition) is 0. The molecule has 0 spiro atoms. The first kappa shape index (κ1) is 8.06. The molecule has 0 N–H and O–H groups in total. The summed E-state index contributed by atoms with van der Waals surface area (Å²) >= 11 is 0. The largest absolute Gasteiger partial charge is 0.303 e. The Balaban J connectivity index is 2.08. The molecule has 1 heteroatoms. The van der Waals surface area contributed by atoms with E-state index >= 15 is 0 Å². The normalized spacial score (nSPS) is 19.5. The maximum Gasteiger partial charge on any atom is 0.000947 e. The Kier molecular flexibility index (Phi) is 3.20. The van der Waals surface area contributed by atoms with E-state index in [0.717, 1.165) is 5.92 Å². The van der Waals surface area contributed by atoms with Crippen molar-refractivity contribution in [3.05, 3.63) is 0 Å². The van der Waals surface area contributed by atoms with Crippen LogP contribution in [0.1, 0.15) is 33.1 Å². The molecule has 0 aromatic heterocycles. The van der Waals surface area contributed by atoms with Crippen LogP contribution >= 0.6 is 0 Å². The van der Waals surface area contributed by atoms with Crippen LogP contribution in [0.3, 0.4) is 0 Å². The molecule has 1 aliphatic rings. The van der Waals surface area contributed by atoms with E-state index in [1.807, 2.05) is 0 Å². The summed E-state index contributed by atoms with van der Waals surface area (Å²) in [5, 5.41) is 0. The third-order valence-corrected chi connectivity index (χ3v) is 2.62. The van der Waals surface area contributed by atoms with Crippen LogP contribution in [0, 0.1) is 5.92 Å². The average Bonchev–Trinajstić information content (AvgIpc) is 1.87. The molecule has 1 saturated heterocycles. The van der Waals surface area contributed by atoms with Gasteiger partial charge in [-0.1, -0.05) is 26.7 Å². The van der Waals surface area contributed by atoms with Gasteiger partial charge < -0.3 is 4.90 Å². The highest BCUT2D eigenvalue weighted by atomic mass is 15.2. The van der Waals surface area contributed by atoms with E-state index in [1.54, 1.807) is 0 Å². The Bertz CT molecular complexity index is 82.7. The average molecular weight is 141 g/mol. The van der Waals surface area contributed by atoms with Crippen LogP contribution in [-0.2, 0) is 0 Å². The van der Waals surface area contributed by atoms with Crippen LogP contribution in [0.4, 0.5) is 0 Å². The Hall–Kier alpha value is -0.0400. The van der Waals surface area contributed by atoms with Gasteiger partial charge in [-0.3, -0.25) is 0 Å². The lowest BCUT2D eigenvalue weighted by Crippen LogP contribution is -2.40. The van der Waals surface area contributed by atoms with Gasteiger partial charge in [-0.25, -0.2) is 0 Å². The van der Waals surface area contributed by atoms with Crippen molar-refractivity contribution in [1.29, 1.82) is 0 Å². The fourth-order valence-corrected chi connectivity index (χ4v) is 1.48. The van der Waals surface area contributed by atoms with E-state index in [4.69, 9.17) is 0 Å². The number of likely N-dealkylation sites (tertiary alicyclic amines) is 1. The van der Waals surface area contributed by atoms with Gasteiger partial charge in [0.05, 0.1) is 0 Å². The predicted molar refractivity (Wildman–Crippen MR) is 45.1 cm³/mol. The molecule has 0 unspecified atom stereocenters. The van der Waals surface area contributed by atoms with Crippen LogP contribution in [0.15, 0.2) is 0 Å². The lowest BCUT2D eigenvalue weighted by atomic mass is 10.0. The number of nitrogens with zero attached hydrogens (tertiary/aromatic N) is 1. The molecule has 1 fully saturated rings. The van der Waals surface area contributed by atoms with E-state index in [2.05, 4.69) is 18.7 Å². The van der Waals surface area contributed by atoms with Gasteiger partial charge in [-0.05, 0) is 25.4 Å². The molecule has 1 nitrogen and oxygen atoms in total. The Morgan fingerprint density at radius 1 is 1.20 bits per heavy atom. The van der Waals surface area contributed by atoms with Crippen molar-refractivity contribution < 1.29 is 0 Å². The minimum Gasteiger partial charge on any atom is -0.303 e. The van der Waals surface area contributed by atoms with Crippen molar-refractivity contribution in [3.63, 3.8) is 0 Å². The van der Waals surface area contributed by atoms with Crippen molar-refractivity contribution in [2.75, 3.05) is 19.6 Å². The van der Waals surface area contributed by atoms with Crippen LogP contribution in [0.25, 0.3) is 0 Å². The van der Waals surface area contributed by atoms with E-state index in [9.17, 15) is 0 Å². The summed E-state index contributed by atoms with van der Waals surface area (Å²) in [6, 6.07) is 0. The summed E-state index contributed by atoms with van der Waals surface area (Å²) in [7, 11) is 0. The van der Waals surface area contributed by atoms with Crippen LogP contribution in [0.2, 0.25) is 0 Å². The highest BCUT2D eigenvalue weighted by Gasteiger charge is 2.16. The molecule has 0 aliphatic carbocycles. The molecule has 0 atom stereocenters. The second-order valence-electron chi connectivity index (χ2n) is 3.34. The first-order valence-electron chi connectivity index (χ1n) is 4.59. The molecule has 1 heterocycles. The standard InChI is InChI=1S/C9H19N/c1-3-9(4-2)8-10-6-5-7-10/h9H,3-8H2,1-2H3. The fraction of sp³-hybridized carbons (Fsp3) is 1.00. The topological polar surface area (TPSA) is 3.24 Å². The van der Waals surface area contributed by atoms with Gasteiger partial charge in [0.15, 0.2) is 0 Å². The second kappa shape index (κ2) is 3.97. The minimum absolute atomic E-state index is 0.959. The molecular formula is C9H19N. The summed E-state index contributed by atoms with van der Waals surface area (Å²) in [4.78, 5) is 2.57. The van der Waals surface area contributed by atoms with Gasteiger partial charge in [0, 0.05) is 6.54 Å². The monoisotopic (exact) mass is 141 g/mol. The van der Waals surface area contributed by atoms with E-state index in [1.165, 1.54) is 38.9 Å². The molecule has 0 aromatic rings. The van der Waals surface area contributed by atoms with E-state index in [0.29, 0.717) is 0 Å². The third-order valence-electron chi connectivity index (χ3n) is 2.62. The molecule has 0 bridgehead atoms. The SMILES string of the molecule is CCC(CC)CN1CCC1. The molecule has 1 rings (SSSR count). The lowest BCUT2D eigenvalue weighted by Gasteiger charge is -2.33. The maximum atomic E-state index is 2.57. The Labute approximate surface area is 64.4 Å². The lowest BCUT2D eigenvalue weighted by molar-refractivity contribution is 0.148. The molecule has 0 radical (unpaired) electrons. The summed E-state index contributed by atoms with van der Waals surface area (Å²) in [6.07, 6.45) is 4.14. The summed E-state index contributed by atoms with van der Waals surface area (Å²) < 4.78 is 0. The van der Waals surface area contributed by atoms with Crippen LogP contribution < -0.4 is 0 Å². The van der Waals surface area contributed by atoms with Crippen molar-refractivity contribution in [2.45, 2.75) is 33.1 Å². The van der Waals surface area contributed by atoms with Crippen molar-refractivity contribution in [1.82, 2.24) is 4.90 Å². The second-order valence-corrected chi connectivity index (χ2v) is 3.34. The smallest absolute Gasteiger partial charge is 0.000947 e. The quantitative estimate of drug-likeness (QED) is 0.579. The summed E-state index contributed by atoms with van der Waals surface area (Å²) in [5.74, 6) is 0.959. The number of rotatable bonds is 4. The minimum atomic E-state index is 0.959. The predicted octanol–water partition coefficient (Wildman–Crippen LogP) is 2.13. The Morgan fingerprint density at radius 3 is 2.10 bits per heavy atom. The van der Waals surface area contributed by atoms with Crippen molar-refractivity contribution in [3.8, 4) is 0 Å². The first-order chi connectivity index (χ1) is 4.86. The van der Waals surface area contributed by atoms with Crippen LogP contribution in [-0.4, -0.2) is 24.5 Å². The molecular weight excluding hydrogens is 122 g/mol. The van der Waals surface area contributed by atoms with Crippen molar-refractivity contribution in [2.24, 2.45) is 5.92 Å². The summed E-state index contributed by atoms with van der Waals surface area (Å²) in [5.41, 5.74) is 0. The first-order valence-corrected chi connectivity index (χ1v) is 4.59. The highest BCUT2D eigenvalue weighted by Crippen LogP contribution is 2.14. The fourth-order valence-electron chi connectivity index (χ4n) is 1.48.